The fraction of sp³-hybridized carbons (Fsp3) is 0.294. The maximum Gasteiger partial charge on any atom is 0.307 e. The van der Waals surface area contributed by atoms with Crippen LogP contribution in [0.5, 0.6) is 0 Å². The largest absolute Gasteiger partial charge is 0.456 e. The summed E-state index contributed by atoms with van der Waals surface area (Å²) in [7, 11) is 0. The first kappa shape index (κ1) is 15.8. The van der Waals surface area contributed by atoms with Crippen LogP contribution >= 0.6 is 0 Å². The molecule has 0 fully saturated rings. The number of rotatable bonds is 6. The number of hydrogen-bond donors (Lipinski definition) is 1. The molecule has 1 aromatic carbocycles. The lowest BCUT2D eigenvalue weighted by molar-refractivity contribution is 0.0926. The molecule has 0 bridgehead atoms. The number of hydrogen-bond acceptors (Lipinski definition) is 4. The molecule has 0 spiro atoms. The molecule has 0 unspecified atom stereocenters. The van der Waals surface area contributed by atoms with Gasteiger partial charge in [-0.25, -0.2) is 5.43 Å². The van der Waals surface area contributed by atoms with Crippen molar-refractivity contribution in [3.63, 3.8) is 0 Å². The van der Waals surface area contributed by atoms with E-state index in [-0.39, 0.29) is 11.7 Å². The number of hydrazone groups is 1. The van der Waals surface area contributed by atoms with Gasteiger partial charge in [0.15, 0.2) is 5.76 Å². The molecule has 0 atom stereocenters. The predicted octanol–water partition coefficient (Wildman–Crippen LogP) is 3.20. The third-order valence-electron chi connectivity index (χ3n) is 3.37. The van der Waals surface area contributed by atoms with Gasteiger partial charge in [0, 0.05) is 18.8 Å². The Morgan fingerprint density at radius 1 is 1.18 bits per heavy atom. The maximum absolute atomic E-state index is 11.7. The second-order valence-electron chi connectivity index (χ2n) is 4.87. The van der Waals surface area contributed by atoms with Gasteiger partial charge in [-0.3, -0.25) is 4.79 Å². The minimum atomic E-state index is -0.357. The van der Waals surface area contributed by atoms with Crippen molar-refractivity contribution in [2.45, 2.75) is 20.8 Å². The van der Waals surface area contributed by atoms with Gasteiger partial charge in [-0.2, -0.15) is 5.10 Å². The number of nitrogens with zero attached hydrogens (tertiary/aromatic N) is 2. The summed E-state index contributed by atoms with van der Waals surface area (Å²) in [5.74, 6) is 0.594. The van der Waals surface area contributed by atoms with Crippen molar-refractivity contribution in [2.75, 3.05) is 18.0 Å². The zero-order valence-electron chi connectivity index (χ0n) is 13.2. The average molecular weight is 299 g/mol. The second-order valence-corrected chi connectivity index (χ2v) is 4.87. The van der Waals surface area contributed by atoms with E-state index in [1.807, 2.05) is 24.3 Å². The van der Waals surface area contributed by atoms with E-state index in [0.29, 0.717) is 5.76 Å². The summed E-state index contributed by atoms with van der Waals surface area (Å²) >= 11 is 0. The van der Waals surface area contributed by atoms with Gasteiger partial charge in [0.25, 0.3) is 0 Å². The lowest BCUT2D eigenvalue weighted by Gasteiger charge is -2.20. The van der Waals surface area contributed by atoms with E-state index in [9.17, 15) is 4.79 Å². The summed E-state index contributed by atoms with van der Waals surface area (Å²) in [5, 5.41) is 3.94. The van der Waals surface area contributed by atoms with Gasteiger partial charge < -0.3 is 9.32 Å². The molecule has 1 heterocycles. The number of anilines is 1. The molecule has 1 amide bonds. The minimum absolute atomic E-state index is 0.256. The zero-order valence-corrected chi connectivity index (χ0v) is 13.2. The molecule has 0 radical (unpaired) electrons. The number of nitrogens with one attached hydrogen (secondary N) is 1. The smallest absolute Gasteiger partial charge is 0.307 e. The van der Waals surface area contributed by atoms with Gasteiger partial charge in [0.1, 0.15) is 5.76 Å². The first-order chi connectivity index (χ1) is 10.6. The van der Waals surface area contributed by atoms with Crippen molar-refractivity contribution in [1.29, 1.82) is 0 Å². The maximum atomic E-state index is 11.7. The third-order valence-corrected chi connectivity index (χ3v) is 3.37. The molecule has 0 aliphatic rings. The van der Waals surface area contributed by atoms with E-state index in [0.717, 1.165) is 18.7 Å². The van der Waals surface area contributed by atoms with Crippen LogP contribution in [0.1, 0.15) is 35.7 Å². The summed E-state index contributed by atoms with van der Waals surface area (Å²) < 4.78 is 5.22. The normalized spacial score (nSPS) is 10.9. The second kappa shape index (κ2) is 7.45. The highest BCUT2D eigenvalue weighted by molar-refractivity contribution is 5.92. The number of furan rings is 1. The van der Waals surface area contributed by atoms with Crippen LogP contribution in [0, 0.1) is 6.92 Å². The Labute approximate surface area is 130 Å². The molecule has 2 rings (SSSR count). The fourth-order valence-corrected chi connectivity index (χ4v) is 2.14. The lowest BCUT2D eigenvalue weighted by Crippen LogP contribution is -2.21. The highest BCUT2D eigenvalue weighted by atomic mass is 16.3. The van der Waals surface area contributed by atoms with Crippen LogP contribution < -0.4 is 10.3 Å². The van der Waals surface area contributed by atoms with Crippen LogP contribution in [0.2, 0.25) is 0 Å². The Bertz CT molecular complexity index is 640. The van der Waals surface area contributed by atoms with E-state index < -0.39 is 0 Å². The minimum Gasteiger partial charge on any atom is -0.456 e. The van der Waals surface area contributed by atoms with Crippen LogP contribution in [0.3, 0.4) is 0 Å². The first-order valence-electron chi connectivity index (χ1n) is 7.39. The summed E-state index contributed by atoms with van der Waals surface area (Å²) in [4.78, 5) is 14.0. The van der Waals surface area contributed by atoms with Crippen LogP contribution in [0.15, 0.2) is 45.9 Å². The highest BCUT2D eigenvalue weighted by Gasteiger charge is 2.08. The van der Waals surface area contributed by atoms with Gasteiger partial charge in [0.05, 0.1) is 6.21 Å². The highest BCUT2D eigenvalue weighted by Crippen LogP contribution is 2.14. The van der Waals surface area contributed by atoms with Crippen LogP contribution in [-0.2, 0) is 0 Å². The third kappa shape index (κ3) is 3.97. The number of carbonyl (C=O) groups excluding carboxylic acids is 1. The van der Waals surface area contributed by atoms with Gasteiger partial charge >= 0.3 is 5.91 Å². The summed E-state index contributed by atoms with van der Waals surface area (Å²) in [5.41, 5.74) is 4.55. The zero-order chi connectivity index (χ0) is 15.9. The van der Waals surface area contributed by atoms with Gasteiger partial charge in [-0.05, 0) is 50.6 Å². The van der Waals surface area contributed by atoms with Crippen molar-refractivity contribution in [3.8, 4) is 0 Å². The quantitative estimate of drug-likeness (QED) is 0.658. The molecule has 5 heteroatoms. The van der Waals surface area contributed by atoms with E-state index in [4.69, 9.17) is 4.42 Å². The molecule has 1 aromatic heterocycles. The standard InChI is InChI=1S/C17H21N3O2/c1-4-20(5-2)15-9-7-14(8-10-15)12-18-19-17(21)16-11-6-13(3)22-16/h6-12H,4-5H2,1-3H3,(H,19,21)/b18-12+. The van der Waals surface area contributed by atoms with Crippen molar-refractivity contribution in [2.24, 2.45) is 5.10 Å². The number of amides is 1. The molecule has 0 saturated carbocycles. The Balaban J connectivity index is 1.94. The number of carbonyl (C=O) groups is 1. The van der Waals surface area contributed by atoms with Crippen molar-refractivity contribution in [3.05, 3.63) is 53.5 Å². The number of aryl methyl sites for hydroxylation is 1. The number of benzene rings is 1. The molecular weight excluding hydrogens is 278 g/mol. The fourth-order valence-electron chi connectivity index (χ4n) is 2.14. The average Bonchev–Trinajstić information content (AvgIpc) is 2.96. The van der Waals surface area contributed by atoms with E-state index in [1.165, 1.54) is 5.69 Å². The molecule has 22 heavy (non-hydrogen) atoms. The molecule has 116 valence electrons. The monoisotopic (exact) mass is 299 g/mol. The molecule has 0 saturated heterocycles. The van der Waals surface area contributed by atoms with Crippen molar-refractivity contribution >= 4 is 17.8 Å². The van der Waals surface area contributed by atoms with Gasteiger partial charge in [-0.1, -0.05) is 12.1 Å². The van der Waals surface area contributed by atoms with Crippen LogP contribution in [-0.4, -0.2) is 25.2 Å². The Hall–Kier alpha value is -2.56. The first-order valence-corrected chi connectivity index (χ1v) is 7.39. The predicted molar refractivity (Wildman–Crippen MR) is 88.5 cm³/mol. The van der Waals surface area contributed by atoms with Crippen molar-refractivity contribution < 1.29 is 9.21 Å². The van der Waals surface area contributed by atoms with E-state index in [1.54, 1.807) is 25.3 Å². The van der Waals surface area contributed by atoms with Crippen molar-refractivity contribution in [1.82, 2.24) is 5.43 Å². The van der Waals surface area contributed by atoms with Crippen LogP contribution in [0.25, 0.3) is 0 Å². The molecule has 2 aromatic rings. The molecule has 5 nitrogen and oxygen atoms in total. The van der Waals surface area contributed by atoms with Gasteiger partial charge in [-0.15, -0.1) is 0 Å². The molecule has 1 N–H and O–H groups in total. The van der Waals surface area contributed by atoms with E-state index in [2.05, 4.69) is 29.3 Å². The Morgan fingerprint density at radius 2 is 1.86 bits per heavy atom. The summed E-state index contributed by atoms with van der Waals surface area (Å²) in [6, 6.07) is 11.4. The Morgan fingerprint density at radius 3 is 2.41 bits per heavy atom. The van der Waals surface area contributed by atoms with E-state index >= 15 is 0 Å². The topological polar surface area (TPSA) is 57.8 Å². The lowest BCUT2D eigenvalue weighted by atomic mass is 10.2. The molecular formula is C17H21N3O2. The summed E-state index contributed by atoms with van der Waals surface area (Å²) in [6.45, 7) is 8.00. The van der Waals surface area contributed by atoms with Gasteiger partial charge in [0.2, 0.25) is 0 Å². The van der Waals surface area contributed by atoms with Crippen LogP contribution in [0.4, 0.5) is 5.69 Å². The molecule has 0 aliphatic carbocycles. The summed E-state index contributed by atoms with van der Waals surface area (Å²) in [6.07, 6.45) is 1.61. The molecule has 0 aliphatic heterocycles. The SMILES string of the molecule is CCN(CC)c1ccc(/C=N/NC(=O)c2ccc(C)o2)cc1. The Kier molecular flexibility index (Phi) is 5.36.